The van der Waals surface area contributed by atoms with Crippen molar-refractivity contribution in [1.82, 2.24) is 0 Å². The molecule has 3 nitrogen and oxygen atoms in total. The number of carbonyl (C=O) groups is 1. The van der Waals surface area contributed by atoms with Gasteiger partial charge >= 0.3 is 5.97 Å². The number of nitrogens with two attached hydrogens (primary N) is 1. The van der Waals surface area contributed by atoms with Gasteiger partial charge in [0.2, 0.25) is 0 Å². The van der Waals surface area contributed by atoms with Gasteiger partial charge in [0.15, 0.2) is 0 Å². The maximum Gasteiger partial charge on any atom is 0.304 e. The first-order valence-corrected chi connectivity index (χ1v) is 6.69. The largest absolute Gasteiger partial charge is 0.481 e. The molecule has 0 bridgehead atoms. The Morgan fingerprint density at radius 2 is 2.22 bits per heavy atom. The van der Waals surface area contributed by atoms with E-state index in [4.69, 9.17) is 10.8 Å². The van der Waals surface area contributed by atoms with Crippen LogP contribution in [0.2, 0.25) is 0 Å². The van der Waals surface area contributed by atoms with E-state index in [0.717, 1.165) is 12.0 Å². The van der Waals surface area contributed by atoms with Crippen molar-refractivity contribution in [1.29, 1.82) is 0 Å². The molecular weight excluding hydrogens is 226 g/mol. The van der Waals surface area contributed by atoms with Crippen molar-refractivity contribution in [2.24, 2.45) is 5.73 Å². The summed E-state index contributed by atoms with van der Waals surface area (Å²) in [6, 6.07) is 8.24. The first-order chi connectivity index (χ1) is 8.61. The summed E-state index contributed by atoms with van der Waals surface area (Å²) in [5.74, 6) is -0.166. The van der Waals surface area contributed by atoms with E-state index >= 15 is 0 Å². The number of benzene rings is 1. The number of hydrogen-bond donors (Lipinski definition) is 2. The Morgan fingerprint density at radius 3 is 2.78 bits per heavy atom. The van der Waals surface area contributed by atoms with Gasteiger partial charge in [-0.15, -0.1) is 0 Å². The molecule has 3 N–H and O–H groups in total. The summed E-state index contributed by atoms with van der Waals surface area (Å²) in [5, 5.41) is 9.02. The summed E-state index contributed by atoms with van der Waals surface area (Å²) >= 11 is 0. The second-order valence-electron chi connectivity index (χ2n) is 5.22. The highest BCUT2D eigenvalue weighted by Crippen LogP contribution is 2.41. The Bertz CT molecular complexity index is 426. The Labute approximate surface area is 108 Å². The molecule has 18 heavy (non-hydrogen) atoms. The first kappa shape index (κ1) is 13.1. The van der Waals surface area contributed by atoms with Gasteiger partial charge in [-0.3, -0.25) is 4.79 Å². The Kier molecular flexibility index (Phi) is 4.02. The molecule has 0 amide bonds. The van der Waals surface area contributed by atoms with Gasteiger partial charge in [0, 0.05) is 12.0 Å². The van der Waals surface area contributed by atoms with Crippen molar-refractivity contribution >= 4 is 5.97 Å². The second-order valence-corrected chi connectivity index (χ2v) is 5.22. The zero-order valence-corrected chi connectivity index (χ0v) is 10.8. The van der Waals surface area contributed by atoms with Crippen LogP contribution < -0.4 is 5.73 Å². The zero-order chi connectivity index (χ0) is 13.1. The minimum Gasteiger partial charge on any atom is -0.481 e. The number of carboxylic acid groups (broad SMARTS) is 1. The number of rotatable bonds is 6. The highest BCUT2D eigenvalue weighted by molar-refractivity contribution is 5.68. The topological polar surface area (TPSA) is 63.3 Å². The fraction of sp³-hybridized carbons (Fsp3) is 0.533. The fourth-order valence-corrected chi connectivity index (χ4v) is 2.45. The minimum atomic E-state index is -0.777. The zero-order valence-electron chi connectivity index (χ0n) is 10.8. The molecule has 0 aromatic heterocycles. The Balaban J connectivity index is 2.22. The summed E-state index contributed by atoms with van der Waals surface area (Å²) in [7, 11) is 0. The fourth-order valence-electron chi connectivity index (χ4n) is 2.45. The van der Waals surface area contributed by atoms with Crippen molar-refractivity contribution in [2.45, 2.75) is 50.5 Å². The molecule has 0 saturated heterocycles. The third-order valence-corrected chi connectivity index (χ3v) is 3.77. The predicted octanol–water partition coefficient (Wildman–Crippen LogP) is 2.86. The van der Waals surface area contributed by atoms with Crippen LogP contribution in [0.15, 0.2) is 24.3 Å². The maximum atomic E-state index is 11.0. The summed E-state index contributed by atoms with van der Waals surface area (Å²) in [6.07, 6.45) is 3.43. The summed E-state index contributed by atoms with van der Waals surface area (Å²) in [6.45, 7) is 2.00. The lowest BCUT2D eigenvalue weighted by Crippen LogP contribution is -2.29. The SMILES string of the molecule is CCC(N)C(CC(=O)O)c1cccc(C2CC2)c1. The van der Waals surface area contributed by atoms with Gasteiger partial charge in [-0.25, -0.2) is 0 Å². The van der Waals surface area contributed by atoms with Crippen LogP contribution in [0.5, 0.6) is 0 Å². The molecule has 1 aliphatic rings. The van der Waals surface area contributed by atoms with Crippen LogP contribution in [-0.4, -0.2) is 17.1 Å². The smallest absolute Gasteiger partial charge is 0.304 e. The third-order valence-electron chi connectivity index (χ3n) is 3.77. The molecule has 0 heterocycles. The van der Waals surface area contributed by atoms with Gasteiger partial charge in [-0.2, -0.15) is 0 Å². The van der Waals surface area contributed by atoms with Crippen LogP contribution in [0.4, 0.5) is 0 Å². The minimum absolute atomic E-state index is 0.0776. The van der Waals surface area contributed by atoms with Crippen LogP contribution in [0.1, 0.15) is 55.6 Å². The summed E-state index contributed by atoms with van der Waals surface area (Å²) in [4.78, 5) is 11.0. The van der Waals surface area contributed by atoms with Gasteiger partial charge in [-0.1, -0.05) is 31.2 Å². The van der Waals surface area contributed by atoms with Crippen molar-refractivity contribution in [3.63, 3.8) is 0 Å². The average molecular weight is 247 g/mol. The van der Waals surface area contributed by atoms with Crippen LogP contribution in [0.25, 0.3) is 0 Å². The van der Waals surface area contributed by atoms with Gasteiger partial charge in [0.05, 0.1) is 6.42 Å². The monoisotopic (exact) mass is 247 g/mol. The lowest BCUT2D eigenvalue weighted by Gasteiger charge is -2.22. The average Bonchev–Trinajstić information content (AvgIpc) is 3.19. The summed E-state index contributed by atoms with van der Waals surface area (Å²) < 4.78 is 0. The molecule has 1 aromatic carbocycles. The molecule has 1 aliphatic carbocycles. The van der Waals surface area contributed by atoms with Crippen LogP contribution in [0, 0.1) is 0 Å². The Morgan fingerprint density at radius 1 is 1.50 bits per heavy atom. The standard InChI is InChI=1S/C15H21NO2/c1-2-14(16)13(9-15(17)18)12-5-3-4-11(8-12)10-6-7-10/h3-5,8,10,13-14H,2,6-7,9,16H2,1H3,(H,17,18). The van der Waals surface area contributed by atoms with E-state index in [1.54, 1.807) is 0 Å². The highest BCUT2D eigenvalue weighted by atomic mass is 16.4. The van der Waals surface area contributed by atoms with E-state index in [2.05, 4.69) is 12.1 Å². The number of aliphatic carboxylic acids is 1. The lowest BCUT2D eigenvalue weighted by molar-refractivity contribution is -0.137. The van der Waals surface area contributed by atoms with Gasteiger partial charge in [0.25, 0.3) is 0 Å². The Hall–Kier alpha value is -1.35. The molecule has 1 aromatic rings. The van der Waals surface area contributed by atoms with Gasteiger partial charge < -0.3 is 10.8 Å². The van der Waals surface area contributed by atoms with E-state index in [0.29, 0.717) is 5.92 Å². The van der Waals surface area contributed by atoms with E-state index in [-0.39, 0.29) is 18.4 Å². The molecule has 2 rings (SSSR count). The summed E-state index contributed by atoms with van der Waals surface area (Å²) in [5.41, 5.74) is 8.49. The molecule has 0 aliphatic heterocycles. The second kappa shape index (κ2) is 5.53. The van der Waals surface area contributed by atoms with Crippen LogP contribution in [-0.2, 0) is 4.79 Å². The lowest BCUT2D eigenvalue weighted by atomic mass is 9.86. The first-order valence-electron chi connectivity index (χ1n) is 6.69. The molecule has 0 radical (unpaired) electrons. The van der Waals surface area contributed by atoms with Crippen LogP contribution in [0.3, 0.4) is 0 Å². The van der Waals surface area contributed by atoms with Crippen molar-refractivity contribution in [3.05, 3.63) is 35.4 Å². The quantitative estimate of drug-likeness (QED) is 0.812. The highest BCUT2D eigenvalue weighted by Gasteiger charge is 2.26. The van der Waals surface area contributed by atoms with E-state index in [9.17, 15) is 4.79 Å². The molecular formula is C15H21NO2. The molecule has 0 spiro atoms. The van der Waals surface area contributed by atoms with E-state index < -0.39 is 5.97 Å². The number of hydrogen-bond acceptors (Lipinski definition) is 2. The maximum absolute atomic E-state index is 11.0. The molecule has 3 heteroatoms. The van der Waals surface area contributed by atoms with E-state index in [1.807, 2.05) is 19.1 Å². The third kappa shape index (κ3) is 3.10. The van der Waals surface area contributed by atoms with Crippen molar-refractivity contribution in [2.75, 3.05) is 0 Å². The van der Waals surface area contributed by atoms with E-state index in [1.165, 1.54) is 18.4 Å². The molecule has 98 valence electrons. The molecule has 2 unspecified atom stereocenters. The molecule has 1 saturated carbocycles. The van der Waals surface area contributed by atoms with Gasteiger partial charge in [-0.05, 0) is 36.3 Å². The van der Waals surface area contributed by atoms with Crippen molar-refractivity contribution < 1.29 is 9.90 Å². The molecule has 1 fully saturated rings. The molecule has 2 atom stereocenters. The number of carboxylic acids is 1. The van der Waals surface area contributed by atoms with Crippen LogP contribution >= 0.6 is 0 Å². The normalized spacial score (nSPS) is 18.3. The van der Waals surface area contributed by atoms with Gasteiger partial charge in [0.1, 0.15) is 0 Å². The predicted molar refractivity (Wildman–Crippen MR) is 71.7 cm³/mol. The van der Waals surface area contributed by atoms with Crippen molar-refractivity contribution in [3.8, 4) is 0 Å².